The summed E-state index contributed by atoms with van der Waals surface area (Å²) < 4.78 is 24.3. The van der Waals surface area contributed by atoms with E-state index in [1.165, 1.54) is 31.2 Å². The first-order valence-corrected chi connectivity index (χ1v) is 7.87. The number of nitro benzene ring substituents is 1. The molecule has 0 heterocycles. The molecule has 0 aliphatic rings. The molecule has 0 atom stereocenters. The van der Waals surface area contributed by atoms with Gasteiger partial charge in [-0.3, -0.25) is 14.9 Å². The molecule has 7 nitrogen and oxygen atoms in total. The van der Waals surface area contributed by atoms with Crippen LogP contribution in [0.3, 0.4) is 0 Å². The van der Waals surface area contributed by atoms with E-state index in [-0.39, 0.29) is 23.6 Å². The molecular formula is C18H19FN2O5. The van der Waals surface area contributed by atoms with Gasteiger partial charge in [0, 0.05) is 25.2 Å². The number of amides is 1. The monoisotopic (exact) mass is 362 g/mol. The number of rotatable bonds is 7. The summed E-state index contributed by atoms with van der Waals surface area (Å²) in [5.41, 5.74) is -0.252. The Balaban J connectivity index is 2.41. The van der Waals surface area contributed by atoms with Crippen molar-refractivity contribution >= 4 is 11.6 Å². The number of nitro groups is 1. The Bertz CT molecular complexity index is 825. The van der Waals surface area contributed by atoms with Gasteiger partial charge in [0.2, 0.25) is 0 Å². The van der Waals surface area contributed by atoms with E-state index in [1.54, 1.807) is 25.1 Å². The average Bonchev–Trinajstić information content (AvgIpc) is 2.62. The van der Waals surface area contributed by atoms with Crippen molar-refractivity contribution in [3.05, 3.63) is 63.5 Å². The smallest absolute Gasteiger partial charge is 0.286 e. The van der Waals surface area contributed by atoms with Crippen molar-refractivity contribution in [2.45, 2.75) is 13.5 Å². The lowest BCUT2D eigenvalue weighted by Gasteiger charge is -2.19. The highest BCUT2D eigenvalue weighted by Gasteiger charge is 2.27. The van der Waals surface area contributed by atoms with Crippen molar-refractivity contribution < 1.29 is 23.6 Å². The van der Waals surface area contributed by atoms with Gasteiger partial charge >= 0.3 is 0 Å². The molecule has 0 aliphatic heterocycles. The van der Waals surface area contributed by atoms with Crippen LogP contribution in [-0.4, -0.2) is 36.5 Å². The van der Waals surface area contributed by atoms with Gasteiger partial charge in [-0.25, -0.2) is 4.39 Å². The first kappa shape index (κ1) is 19.2. The first-order chi connectivity index (χ1) is 12.4. The number of ether oxygens (including phenoxy) is 2. The maximum absolute atomic E-state index is 13.8. The van der Waals surface area contributed by atoms with Crippen molar-refractivity contribution in [2.75, 3.05) is 20.8 Å². The zero-order valence-corrected chi connectivity index (χ0v) is 14.7. The van der Waals surface area contributed by atoms with Crippen LogP contribution < -0.4 is 9.47 Å². The van der Waals surface area contributed by atoms with Crippen LogP contribution in [0.5, 0.6) is 11.5 Å². The van der Waals surface area contributed by atoms with Crippen molar-refractivity contribution in [3.8, 4) is 11.5 Å². The molecular weight excluding hydrogens is 343 g/mol. The number of carbonyl (C=O) groups excluding carboxylic acids is 1. The van der Waals surface area contributed by atoms with Gasteiger partial charge in [0.05, 0.1) is 24.7 Å². The fourth-order valence-corrected chi connectivity index (χ4v) is 2.46. The van der Waals surface area contributed by atoms with Crippen LogP contribution in [0.1, 0.15) is 22.8 Å². The minimum Gasteiger partial charge on any atom is -0.493 e. The molecule has 0 aliphatic carbocycles. The molecule has 2 rings (SSSR count). The predicted octanol–water partition coefficient (Wildman–Crippen LogP) is 3.41. The molecule has 0 spiro atoms. The fraction of sp³-hybridized carbons (Fsp3) is 0.278. The molecule has 2 aromatic rings. The van der Waals surface area contributed by atoms with Gasteiger partial charge in [0.25, 0.3) is 11.6 Å². The zero-order valence-electron chi connectivity index (χ0n) is 14.7. The highest BCUT2D eigenvalue weighted by molar-refractivity contribution is 5.99. The Morgan fingerprint density at radius 1 is 1.27 bits per heavy atom. The van der Waals surface area contributed by atoms with E-state index in [4.69, 9.17) is 9.47 Å². The van der Waals surface area contributed by atoms with Gasteiger partial charge in [0.15, 0.2) is 11.5 Å². The van der Waals surface area contributed by atoms with Crippen LogP contribution in [0, 0.1) is 15.9 Å². The van der Waals surface area contributed by atoms with Crippen LogP contribution in [-0.2, 0) is 6.54 Å². The quantitative estimate of drug-likeness (QED) is 0.557. The molecule has 26 heavy (non-hydrogen) atoms. The summed E-state index contributed by atoms with van der Waals surface area (Å²) in [6.45, 7) is 2.01. The average molecular weight is 362 g/mol. The minimum absolute atomic E-state index is 0.0291. The molecule has 2 aromatic carbocycles. The van der Waals surface area contributed by atoms with Crippen molar-refractivity contribution in [1.29, 1.82) is 0 Å². The molecule has 0 radical (unpaired) electrons. The fourth-order valence-electron chi connectivity index (χ4n) is 2.46. The Hall–Kier alpha value is -3.16. The van der Waals surface area contributed by atoms with Gasteiger partial charge in [-0.15, -0.1) is 0 Å². The van der Waals surface area contributed by atoms with E-state index in [1.807, 2.05) is 0 Å². The Morgan fingerprint density at radius 2 is 1.96 bits per heavy atom. The number of hydrogen-bond donors (Lipinski definition) is 0. The molecule has 0 fully saturated rings. The van der Waals surface area contributed by atoms with E-state index >= 15 is 0 Å². The van der Waals surface area contributed by atoms with E-state index in [0.29, 0.717) is 12.2 Å². The van der Waals surface area contributed by atoms with E-state index < -0.39 is 22.3 Å². The maximum atomic E-state index is 13.8. The molecule has 0 saturated heterocycles. The molecule has 0 N–H and O–H groups in total. The molecule has 0 saturated carbocycles. The standard InChI is InChI=1S/C18H19FN2O5/c1-4-26-17-9-13(15(21(23)24)10-16(17)25-3)18(22)20(2)11-12-7-5-6-8-14(12)19/h5-10H,4,11H2,1-3H3. The topological polar surface area (TPSA) is 81.9 Å². The van der Waals surface area contributed by atoms with Gasteiger partial charge in [-0.1, -0.05) is 18.2 Å². The molecule has 0 aromatic heterocycles. The molecule has 0 bridgehead atoms. The summed E-state index contributed by atoms with van der Waals surface area (Å²) >= 11 is 0. The summed E-state index contributed by atoms with van der Waals surface area (Å²) in [7, 11) is 2.80. The van der Waals surface area contributed by atoms with Gasteiger partial charge in [-0.05, 0) is 13.0 Å². The van der Waals surface area contributed by atoms with Crippen LogP contribution in [0.15, 0.2) is 36.4 Å². The maximum Gasteiger partial charge on any atom is 0.286 e. The molecule has 1 amide bonds. The Morgan fingerprint density at radius 3 is 2.54 bits per heavy atom. The molecule has 8 heteroatoms. The Labute approximate surface area is 150 Å². The summed E-state index contributed by atoms with van der Waals surface area (Å²) in [4.78, 5) is 24.7. The largest absolute Gasteiger partial charge is 0.493 e. The lowest BCUT2D eigenvalue weighted by Crippen LogP contribution is -2.27. The highest BCUT2D eigenvalue weighted by Crippen LogP contribution is 2.35. The summed E-state index contributed by atoms with van der Waals surface area (Å²) in [6.07, 6.45) is 0. The lowest BCUT2D eigenvalue weighted by atomic mass is 10.1. The van der Waals surface area contributed by atoms with Crippen LogP contribution in [0.4, 0.5) is 10.1 Å². The number of halogens is 1. The lowest BCUT2D eigenvalue weighted by molar-refractivity contribution is -0.385. The number of hydrogen-bond acceptors (Lipinski definition) is 5. The van der Waals surface area contributed by atoms with Crippen molar-refractivity contribution in [1.82, 2.24) is 4.90 Å². The zero-order chi connectivity index (χ0) is 19.3. The SMILES string of the molecule is CCOc1cc(C(=O)N(C)Cc2ccccc2F)c([N+](=O)[O-])cc1OC. The van der Waals surface area contributed by atoms with Crippen LogP contribution in [0.25, 0.3) is 0 Å². The number of carbonyl (C=O) groups is 1. The number of benzene rings is 2. The van der Waals surface area contributed by atoms with Gasteiger partial charge < -0.3 is 14.4 Å². The van der Waals surface area contributed by atoms with E-state index in [9.17, 15) is 19.3 Å². The van der Waals surface area contributed by atoms with Gasteiger partial charge in [-0.2, -0.15) is 0 Å². The summed E-state index contributed by atoms with van der Waals surface area (Å²) in [6, 6.07) is 8.46. The second-order valence-corrected chi connectivity index (χ2v) is 5.46. The first-order valence-electron chi connectivity index (χ1n) is 7.87. The minimum atomic E-state index is -0.664. The third kappa shape index (κ3) is 4.08. The highest BCUT2D eigenvalue weighted by atomic mass is 19.1. The molecule has 0 unspecified atom stereocenters. The third-order valence-corrected chi connectivity index (χ3v) is 3.72. The van der Waals surface area contributed by atoms with Crippen molar-refractivity contribution in [3.63, 3.8) is 0 Å². The predicted molar refractivity (Wildman–Crippen MR) is 93.0 cm³/mol. The van der Waals surface area contributed by atoms with Crippen LogP contribution >= 0.6 is 0 Å². The normalized spacial score (nSPS) is 10.3. The van der Waals surface area contributed by atoms with E-state index in [2.05, 4.69) is 0 Å². The van der Waals surface area contributed by atoms with Crippen molar-refractivity contribution in [2.24, 2.45) is 0 Å². The summed E-state index contributed by atoms with van der Waals surface area (Å²) in [5.74, 6) is -0.690. The second kappa shape index (κ2) is 8.28. The number of methoxy groups -OCH3 is 1. The summed E-state index contributed by atoms with van der Waals surface area (Å²) in [5, 5.41) is 11.4. The third-order valence-electron chi connectivity index (χ3n) is 3.72. The van der Waals surface area contributed by atoms with Gasteiger partial charge in [0.1, 0.15) is 11.4 Å². The molecule has 138 valence electrons. The van der Waals surface area contributed by atoms with E-state index in [0.717, 1.165) is 6.07 Å². The Kier molecular flexibility index (Phi) is 6.11. The second-order valence-electron chi connectivity index (χ2n) is 5.46. The number of nitrogens with zero attached hydrogens (tertiary/aromatic N) is 2. The van der Waals surface area contributed by atoms with Crippen LogP contribution in [0.2, 0.25) is 0 Å².